The molecular weight excluding hydrogens is 164 g/mol. The molecule has 3 heteroatoms. The van der Waals surface area contributed by atoms with Crippen LogP contribution in [0.5, 0.6) is 0 Å². The predicted molar refractivity (Wildman–Crippen MR) is 55.4 cm³/mol. The average Bonchev–Trinajstić information content (AvgIpc) is 2.14. The van der Waals surface area contributed by atoms with Gasteiger partial charge in [0.15, 0.2) is 0 Å². The van der Waals surface area contributed by atoms with E-state index in [1.807, 2.05) is 0 Å². The van der Waals surface area contributed by atoms with Gasteiger partial charge < -0.3 is 11.1 Å². The Bertz CT molecular complexity index is 133. The number of carbonyl (C=O) groups is 1. The average molecular weight is 186 g/mol. The molecule has 0 spiro atoms. The van der Waals surface area contributed by atoms with Crippen molar-refractivity contribution in [2.45, 2.75) is 52.0 Å². The summed E-state index contributed by atoms with van der Waals surface area (Å²) in [7, 11) is 0. The van der Waals surface area contributed by atoms with Crippen molar-refractivity contribution in [1.82, 2.24) is 5.32 Å². The number of hydrogen-bond acceptors (Lipinski definition) is 2. The van der Waals surface area contributed by atoms with Gasteiger partial charge in [0, 0.05) is 12.5 Å². The van der Waals surface area contributed by atoms with Crippen molar-refractivity contribution < 1.29 is 4.79 Å². The summed E-state index contributed by atoms with van der Waals surface area (Å²) in [6, 6.07) is 0.352. The van der Waals surface area contributed by atoms with E-state index in [1.54, 1.807) is 0 Å². The number of rotatable bonds is 7. The molecule has 0 bridgehead atoms. The molecule has 0 aromatic heterocycles. The molecule has 0 radical (unpaired) electrons. The van der Waals surface area contributed by atoms with Crippen LogP contribution in [0.25, 0.3) is 0 Å². The fourth-order valence-electron chi connectivity index (χ4n) is 1.22. The van der Waals surface area contributed by atoms with E-state index in [0.29, 0.717) is 19.0 Å². The molecule has 0 aliphatic rings. The predicted octanol–water partition coefficient (Wildman–Crippen LogP) is 1.42. The minimum Gasteiger partial charge on any atom is -0.353 e. The van der Waals surface area contributed by atoms with Crippen LogP contribution in [0.4, 0.5) is 0 Å². The Kier molecular flexibility index (Phi) is 7.69. The van der Waals surface area contributed by atoms with Gasteiger partial charge in [-0.05, 0) is 32.2 Å². The quantitative estimate of drug-likeness (QED) is 0.591. The van der Waals surface area contributed by atoms with Crippen molar-refractivity contribution in [3.63, 3.8) is 0 Å². The number of carbonyl (C=O) groups excluding carboxylic acids is 1. The van der Waals surface area contributed by atoms with Gasteiger partial charge >= 0.3 is 0 Å². The van der Waals surface area contributed by atoms with Gasteiger partial charge in [-0.1, -0.05) is 13.8 Å². The van der Waals surface area contributed by atoms with Crippen LogP contribution in [-0.4, -0.2) is 18.5 Å². The number of amides is 1. The zero-order chi connectivity index (χ0) is 10.1. The molecule has 0 atom stereocenters. The number of nitrogens with one attached hydrogen (secondary N) is 1. The second-order valence-electron chi connectivity index (χ2n) is 3.33. The summed E-state index contributed by atoms with van der Waals surface area (Å²) < 4.78 is 0. The van der Waals surface area contributed by atoms with Crippen LogP contribution in [0.2, 0.25) is 0 Å². The third-order valence-electron chi connectivity index (χ3n) is 2.21. The van der Waals surface area contributed by atoms with E-state index in [-0.39, 0.29) is 5.91 Å². The van der Waals surface area contributed by atoms with E-state index in [0.717, 1.165) is 25.7 Å². The molecule has 0 unspecified atom stereocenters. The minimum absolute atomic E-state index is 0.169. The summed E-state index contributed by atoms with van der Waals surface area (Å²) in [6.07, 6.45) is 4.49. The first-order valence-electron chi connectivity index (χ1n) is 5.24. The SMILES string of the molecule is CCC(CC)NC(=O)CCCCN. The number of nitrogens with two attached hydrogens (primary N) is 1. The fourth-order valence-corrected chi connectivity index (χ4v) is 1.22. The third kappa shape index (κ3) is 6.58. The Morgan fingerprint density at radius 2 is 1.92 bits per heavy atom. The highest BCUT2D eigenvalue weighted by atomic mass is 16.1. The topological polar surface area (TPSA) is 55.1 Å². The van der Waals surface area contributed by atoms with Crippen LogP contribution in [0.15, 0.2) is 0 Å². The maximum atomic E-state index is 11.3. The Morgan fingerprint density at radius 3 is 2.38 bits per heavy atom. The van der Waals surface area contributed by atoms with E-state index in [1.165, 1.54) is 0 Å². The molecule has 0 aromatic carbocycles. The van der Waals surface area contributed by atoms with Crippen LogP contribution in [0.1, 0.15) is 46.0 Å². The van der Waals surface area contributed by atoms with Crippen LogP contribution in [0.3, 0.4) is 0 Å². The Hall–Kier alpha value is -0.570. The molecule has 0 heterocycles. The summed E-state index contributed by atoms with van der Waals surface area (Å²) in [6.45, 7) is 4.86. The zero-order valence-electron chi connectivity index (χ0n) is 8.81. The second kappa shape index (κ2) is 8.05. The molecule has 3 nitrogen and oxygen atoms in total. The van der Waals surface area contributed by atoms with Crippen LogP contribution in [0, 0.1) is 0 Å². The van der Waals surface area contributed by atoms with Gasteiger partial charge in [-0.2, -0.15) is 0 Å². The summed E-state index contributed by atoms with van der Waals surface area (Å²) in [5, 5.41) is 3.00. The maximum absolute atomic E-state index is 11.3. The Morgan fingerprint density at radius 1 is 1.31 bits per heavy atom. The molecule has 0 aromatic rings. The molecule has 3 N–H and O–H groups in total. The molecule has 0 aliphatic heterocycles. The van der Waals surface area contributed by atoms with E-state index in [4.69, 9.17) is 5.73 Å². The van der Waals surface area contributed by atoms with Gasteiger partial charge in [-0.3, -0.25) is 4.79 Å². The first-order chi connectivity index (χ1) is 6.24. The standard InChI is InChI=1S/C10H22N2O/c1-3-9(4-2)12-10(13)7-5-6-8-11/h9H,3-8,11H2,1-2H3,(H,12,13). The van der Waals surface area contributed by atoms with Crippen molar-refractivity contribution in [3.05, 3.63) is 0 Å². The van der Waals surface area contributed by atoms with E-state index < -0.39 is 0 Å². The fraction of sp³-hybridized carbons (Fsp3) is 0.900. The highest BCUT2D eigenvalue weighted by molar-refractivity contribution is 5.76. The third-order valence-corrected chi connectivity index (χ3v) is 2.21. The lowest BCUT2D eigenvalue weighted by atomic mass is 10.1. The number of unbranched alkanes of at least 4 members (excludes halogenated alkanes) is 1. The maximum Gasteiger partial charge on any atom is 0.220 e. The summed E-state index contributed by atoms with van der Waals surface area (Å²) in [4.78, 5) is 11.3. The highest BCUT2D eigenvalue weighted by Crippen LogP contribution is 1.99. The van der Waals surface area contributed by atoms with Crippen molar-refractivity contribution in [1.29, 1.82) is 0 Å². The van der Waals surface area contributed by atoms with E-state index in [2.05, 4.69) is 19.2 Å². The van der Waals surface area contributed by atoms with Crippen molar-refractivity contribution in [2.24, 2.45) is 5.73 Å². The lowest BCUT2D eigenvalue weighted by Gasteiger charge is -2.14. The smallest absolute Gasteiger partial charge is 0.220 e. The number of hydrogen-bond donors (Lipinski definition) is 2. The van der Waals surface area contributed by atoms with Gasteiger partial charge in [0.25, 0.3) is 0 Å². The molecular formula is C10H22N2O. The van der Waals surface area contributed by atoms with Crippen LogP contribution >= 0.6 is 0 Å². The van der Waals surface area contributed by atoms with Gasteiger partial charge in [0.2, 0.25) is 5.91 Å². The molecule has 0 fully saturated rings. The minimum atomic E-state index is 0.169. The molecule has 1 amide bonds. The molecule has 0 saturated carbocycles. The zero-order valence-corrected chi connectivity index (χ0v) is 8.81. The first-order valence-corrected chi connectivity index (χ1v) is 5.24. The van der Waals surface area contributed by atoms with E-state index >= 15 is 0 Å². The summed E-state index contributed by atoms with van der Waals surface area (Å²) in [5.41, 5.74) is 5.34. The normalized spacial score (nSPS) is 10.5. The van der Waals surface area contributed by atoms with E-state index in [9.17, 15) is 4.79 Å². The molecule has 0 rings (SSSR count). The molecule has 0 saturated heterocycles. The summed E-state index contributed by atoms with van der Waals surface area (Å²) >= 11 is 0. The van der Waals surface area contributed by atoms with Crippen LogP contribution in [-0.2, 0) is 4.79 Å². The van der Waals surface area contributed by atoms with Crippen molar-refractivity contribution in [3.8, 4) is 0 Å². The molecule has 0 aliphatic carbocycles. The van der Waals surface area contributed by atoms with Gasteiger partial charge in [0.1, 0.15) is 0 Å². The van der Waals surface area contributed by atoms with Gasteiger partial charge in [0.05, 0.1) is 0 Å². The largest absolute Gasteiger partial charge is 0.353 e. The van der Waals surface area contributed by atoms with Gasteiger partial charge in [-0.25, -0.2) is 0 Å². The lowest BCUT2D eigenvalue weighted by molar-refractivity contribution is -0.121. The molecule has 78 valence electrons. The monoisotopic (exact) mass is 186 g/mol. The van der Waals surface area contributed by atoms with Crippen molar-refractivity contribution >= 4 is 5.91 Å². The second-order valence-corrected chi connectivity index (χ2v) is 3.33. The molecule has 13 heavy (non-hydrogen) atoms. The first kappa shape index (κ1) is 12.4. The van der Waals surface area contributed by atoms with Crippen LogP contribution < -0.4 is 11.1 Å². The highest BCUT2D eigenvalue weighted by Gasteiger charge is 2.06. The Balaban J connectivity index is 3.48. The summed E-state index contributed by atoms with van der Waals surface area (Å²) in [5.74, 6) is 0.169. The van der Waals surface area contributed by atoms with Crippen molar-refractivity contribution in [2.75, 3.05) is 6.54 Å². The van der Waals surface area contributed by atoms with Gasteiger partial charge in [-0.15, -0.1) is 0 Å². The lowest BCUT2D eigenvalue weighted by Crippen LogP contribution is -2.33. The Labute approximate surface area is 81.1 Å².